The molecule has 0 fully saturated rings. The van der Waals surface area contributed by atoms with Crippen molar-refractivity contribution in [3.63, 3.8) is 0 Å². The number of carbonyl (C=O) groups excluding carboxylic acids is 2. The Hall–Kier alpha value is -3.60. The zero-order chi connectivity index (χ0) is 24.2. The molecule has 3 aromatic carbocycles. The van der Waals surface area contributed by atoms with Gasteiger partial charge in [-0.2, -0.15) is 0 Å². The lowest BCUT2D eigenvalue weighted by Crippen LogP contribution is -2.50. The van der Waals surface area contributed by atoms with Crippen LogP contribution in [0.25, 0.3) is 0 Å². The fourth-order valence-electron chi connectivity index (χ4n) is 3.89. The summed E-state index contributed by atoms with van der Waals surface area (Å²) in [5.41, 5.74) is 3.16. The molecule has 0 saturated heterocycles. The van der Waals surface area contributed by atoms with Crippen LogP contribution in [0.15, 0.2) is 84.9 Å². The van der Waals surface area contributed by atoms with E-state index >= 15 is 0 Å². The Bertz CT molecular complexity index is 1040. The number of hydrogen-bond acceptors (Lipinski definition) is 3. The number of rotatable bonds is 12. The number of carbonyl (C=O) groups is 2. The van der Waals surface area contributed by atoms with Gasteiger partial charge in [0.15, 0.2) is 0 Å². The number of ether oxygens (including phenoxy) is 1. The summed E-state index contributed by atoms with van der Waals surface area (Å²) in [6.45, 7) is 5.27. The highest BCUT2D eigenvalue weighted by molar-refractivity contribution is 5.88. The molecular weight excluding hydrogens is 424 g/mol. The van der Waals surface area contributed by atoms with Crippen LogP contribution in [0.1, 0.15) is 36.5 Å². The Kier molecular flexibility index (Phi) is 9.71. The van der Waals surface area contributed by atoms with Gasteiger partial charge in [-0.05, 0) is 49.1 Å². The monoisotopic (exact) mass is 458 g/mol. The van der Waals surface area contributed by atoms with E-state index in [1.165, 1.54) is 0 Å². The van der Waals surface area contributed by atoms with Crippen molar-refractivity contribution in [2.45, 2.75) is 45.7 Å². The molecule has 3 rings (SSSR count). The fourth-order valence-corrected chi connectivity index (χ4v) is 3.89. The van der Waals surface area contributed by atoms with Crippen LogP contribution in [0.2, 0.25) is 0 Å². The molecule has 1 N–H and O–H groups in total. The Balaban J connectivity index is 1.78. The zero-order valence-electron chi connectivity index (χ0n) is 20.1. The zero-order valence-corrected chi connectivity index (χ0v) is 20.1. The van der Waals surface area contributed by atoms with Gasteiger partial charge in [0.25, 0.3) is 0 Å². The van der Waals surface area contributed by atoms with Gasteiger partial charge in [0.2, 0.25) is 11.8 Å². The van der Waals surface area contributed by atoms with Gasteiger partial charge in [0.05, 0.1) is 6.61 Å². The summed E-state index contributed by atoms with van der Waals surface area (Å²) in [5, 5.41) is 2.93. The van der Waals surface area contributed by atoms with Crippen LogP contribution in [0, 0.1) is 6.92 Å². The number of para-hydroxylation sites is 1. The summed E-state index contributed by atoms with van der Waals surface area (Å²) in [6, 6.07) is 26.9. The van der Waals surface area contributed by atoms with Crippen LogP contribution in [0.3, 0.4) is 0 Å². The van der Waals surface area contributed by atoms with E-state index in [1.54, 1.807) is 4.90 Å². The van der Waals surface area contributed by atoms with Crippen molar-refractivity contribution in [3.8, 4) is 5.75 Å². The summed E-state index contributed by atoms with van der Waals surface area (Å²) in [6.07, 6.45) is 1.35. The van der Waals surface area contributed by atoms with Gasteiger partial charge >= 0.3 is 0 Å². The highest BCUT2D eigenvalue weighted by Gasteiger charge is 2.30. The van der Waals surface area contributed by atoms with Gasteiger partial charge in [-0.15, -0.1) is 0 Å². The minimum atomic E-state index is -0.593. The van der Waals surface area contributed by atoms with Gasteiger partial charge < -0.3 is 15.0 Å². The first-order chi connectivity index (χ1) is 16.6. The molecule has 0 spiro atoms. The molecule has 0 saturated carbocycles. The van der Waals surface area contributed by atoms with E-state index in [0.717, 1.165) is 22.4 Å². The largest absolute Gasteiger partial charge is 0.494 e. The lowest BCUT2D eigenvalue weighted by atomic mass is 10.0. The number of benzene rings is 3. The van der Waals surface area contributed by atoms with Crippen LogP contribution in [-0.4, -0.2) is 35.9 Å². The first-order valence-electron chi connectivity index (χ1n) is 11.9. The van der Waals surface area contributed by atoms with E-state index in [0.29, 0.717) is 39.0 Å². The Labute approximate surface area is 202 Å². The molecule has 0 radical (unpaired) electrons. The second kappa shape index (κ2) is 13.2. The SMILES string of the molecule is CCNC(=O)[C@@H](Cc1ccccc1)N(Cc1ccccc1C)C(=O)CCCOc1ccccc1. The number of amides is 2. The van der Waals surface area contributed by atoms with Crippen molar-refractivity contribution in [3.05, 3.63) is 102 Å². The first kappa shape index (κ1) is 25.0. The molecule has 178 valence electrons. The van der Waals surface area contributed by atoms with E-state index in [4.69, 9.17) is 4.74 Å². The minimum absolute atomic E-state index is 0.0490. The smallest absolute Gasteiger partial charge is 0.243 e. The highest BCUT2D eigenvalue weighted by atomic mass is 16.5. The van der Waals surface area contributed by atoms with Crippen molar-refractivity contribution in [2.24, 2.45) is 0 Å². The number of aryl methyl sites for hydroxylation is 1. The molecule has 0 aliphatic carbocycles. The quantitative estimate of drug-likeness (QED) is 0.392. The average Bonchev–Trinajstić information content (AvgIpc) is 2.86. The van der Waals surface area contributed by atoms with E-state index in [-0.39, 0.29) is 11.8 Å². The van der Waals surface area contributed by atoms with Crippen LogP contribution < -0.4 is 10.1 Å². The van der Waals surface area contributed by atoms with Crippen molar-refractivity contribution >= 4 is 11.8 Å². The third-order valence-corrected chi connectivity index (χ3v) is 5.77. The van der Waals surface area contributed by atoms with E-state index < -0.39 is 6.04 Å². The molecule has 1 atom stereocenters. The van der Waals surface area contributed by atoms with Gasteiger partial charge in [0.1, 0.15) is 11.8 Å². The fraction of sp³-hybridized carbons (Fsp3) is 0.310. The predicted octanol–water partition coefficient (Wildman–Crippen LogP) is 4.93. The van der Waals surface area contributed by atoms with Crippen LogP contribution in [-0.2, 0) is 22.6 Å². The molecular formula is C29H34N2O3. The molecule has 0 heterocycles. The predicted molar refractivity (Wildman–Crippen MR) is 136 cm³/mol. The lowest BCUT2D eigenvalue weighted by molar-refractivity contribution is -0.141. The summed E-state index contributed by atoms with van der Waals surface area (Å²) in [5.74, 6) is 0.608. The summed E-state index contributed by atoms with van der Waals surface area (Å²) >= 11 is 0. The van der Waals surface area contributed by atoms with Crippen LogP contribution >= 0.6 is 0 Å². The highest BCUT2D eigenvalue weighted by Crippen LogP contribution is 2.18. The molecule has 0 unspecified atom stereocenters. The topological polar surface area (TPSA) is 58.6 Å². The summed E-state index contributed by atoms with van der Waals surface area (Å²) in [7, 11) is 0. The minimum Gasteiger partial charge on any atom is -0.494 e. The van der Waals surface area contributed by atoms with Crippen molar-refractivity contribution < 1.29 is 14.3 Å². The summed E-state index contributed by atoms with van der Waals surface area (Å²) < 4.78 is 5.77. The second-order valence-corrected chi connectivity index (χ2v) is 8.31. The lowest BCUT2D eigenvalue weighted by Gasteiger charge is -2.32. The maximum atomic E-state index is 13.5. The van der Waals surface area contributed by atoms with Gasteiger partial charge in [-0.3, -0.25) is 9.59 Å². The molecule has 0 aromatic heterocycles. The van der Waals surface area contributed by atoms with Crippen molar-refractivity contribution in [1.29, 1.82) is 0 Å². The number of hydrogen-bond donors (Lipinski definition) is 1. The van der Waals surface area contributed by atoms with Crippen molar-refractivity contribution in [1.82, 2.24) is 10.2 Å². The molecule has 5 heteroatoms. The molecule has 5 nitrogen and oxygen atoms in total. The first-order valence-corrected chi connectivity index (χ1v) is 11.9. The maximum absolute atomic E-state index is 13.5. The second-order valence-electron chi connectivity index (χ2n) is 8.31. The third kappa shape index (κ3) is 7.48. The van der Waals surface area contributed by atoms with Gasteiger partial charge in [-0.1, -0.05) is 72.8 Å². The normalized spacial score (nSPS) is 11.5. The molecule has 34 heavy (non-hydrogen) atoms. The molecule has 3 aromatic rings. The summed E-state index contributed by atoms with van der Waals surface area (Å²) in [4.78, 5) is 28.4. The van der Waals surface area contributed by atoms with E-state index in [2.05, 4.69) is 5.32 Å². The molecule has 2 amide bonds. The Morgan fingerprint density at radius 2 is 1.56 bits per heavy atom. The maximum Gasteiger partial charge on any atom is 0.243 e. The number of likely N-dealkylation sites (N-methyl/N-ethyl adjacent to an activating group) is 1. The van der Waals surface area contributed by atoms with Crippen molar-refractivity contribution in [2.75, 3.05) is 13.2 Å². The molecule has 0 aliphatic heterocycles. The number of nitrogens with zero attached hydrogens (tertiary/aromatic N) is 1. The Morgan fingerprint density at radius 3 is 2.24 bits per heavy atom. The molecule has 0 aliphatic rings. The average molecular weight is 459 g/mol. The van der Waals surface area contributed by atoms with E-state index in [9.17, 15) is 9.59 Å². The third-order valence-electron chi connectivity index (χ3n) is 5.77. The number of nitrogens with one attached hydrogen (secondary N) is 1. The van der Waals surface area contributed by atoms with Gasteiger partial charge in [0, 0.05) is 25.9 Å². The van der Waals surface area contributed by atoms with Gasteiger partial charge in [-0.25, -0.2) is 0 Å². The van der Waals surface area contributed by atoms with Crippen LogP contribution in [0.4, 0.5) is 0 Å². The molecule has 0 bridgehead atoms. The van der Waals surface area contributed by atoms with Crippen LogP contribution in [0.5, 0.6) is 5.75 Å². The Morgan fingerprint density at radius 1 is 0.912 bits per heavy atom. The van der Waals surface area contributed by atoms with E-state index in [1.807, 2.05) is 98.8 Å². The standard InChI is InChI=1S/C29H34N2O3/c1-3-30-29(33)27(21-24-14-6-4-7-15-24)31(22-25-16-11-10-13-23(25)2)28(32)19-12-20-34-26-17-8-5-9-18-26/h4-11,13-18,27H,3,12,19-22H2,1-2H3,(H,30,33)/t27-/m1/s1.